The van der Waals surface area contributed by atoms with Gasteiger partial charge < -0.3 is 15.8 Å². The number of Topliss-reactive ketones (excluding diaryl/α,β-unsaturated/α-hetero) is 1. The van der Waals surface area contributed by atoms with Crippen LogP contribution in [0.25, 0.3) is 0 Å². The summed E-state index contributed by atoms with van der Waals surface area (Å²) in [4.78, 5) is 33.8. The van der Waals surface area contributed by atoms with Gasteiger partial charge >= 0.3 is 0 Å². The van der Waals surface area contributed by atoms with Gasteiger partial charge in [0.25, 0.3) is 0 Å². The average molecular weight is 298 g/mol. The van der Waals surface area contributed by atoms with Gasteiger partial charge in [-0.2, -0.15) is 0 Å². The molecular formula is C14H16F2N2O3. The maximum absolute atomic E-state index is 13.4. The molecule has 5 nitrogen and oxygen atoms in total. The fourth-order valence-electron chi connectivity index (χ4n) is 1.72. The van der Waals surface area contributed by atoms with Crippen LogP contribution in [0, 0.1) is 11.6 Å². The summed E-state index contributed by atoms with van der Waals surface area (Å²) >= 11 is 0. The molecule has 0 spiro atoms. The van der Waals surface area contributed by atoms with Crippen molar-refractivity contribution in [3.63, 3.8) is 0 Å². The number of rotatable bonds is 7. The smallest absolute Gasteiger partial charge is 0.240 e. The van der Waals surface area contributed by atoms with Crippen molar-refractivity contribution >= 4 is 17.6 Å². The molecular weight excluding hydrogens is 282 g/mol. The van der Waals surface area contributed by atoms with Crippen LogP contribution in [0.5, 0.6) is 0 Å². The molecule has 0 aromatic heterocycles. The Balaban J connectivity index is 2.65. The standard InChI is InChI=1S/C14H16F2N2O3/c1-8(19)2-5-12(14(17)21)18-13(20)6-9-3-4-10(15)7-11(9)16/h3-4,7,12H,2,5-6H2,1H3,(H2,17,21)(H,18,20)/t12-/m0/s1. The van der Waals surface area contributed by atoms with Gasteiger partial charge in [-0.1, -0.05) is 6.07 Å². The zero-order valence-corrected chi connectivity index (χ0v) is 11.5. The van der Waals surface area contributed by atoms with Crippen molar-refractivity contribution in [1.29, 1.82) is 0 Å². The third-order valence-corrected chi connectivity index (χ3v) is 2.83. The van der Waals surface area contributed by atoms with E-state index in [1.807, 2.05) is 0 Å². The second-order valence-electron chi connectivity index (χ2n) is 4.68. The fraction of sp³-hybridized carbons (Fsp3) is 0.357. The number of hydrogen-bond acceptors (Lipinski definition) is 3. The van der Waals surface area contributed by atoms with Crippen LogP contribution in [0.4, 0.5) is 8.78 Å². The first-order valence-corrected chi connectivity index (χ1v) is 6.31. The van der Waals surface area contributed by atoms with Gasteiger partial charge in [-0.25, -0.2) is 8.78 Å². The van der Waals surface area contributed by atoms with Gasteiger partial charge in [0.1, 0.15) is 23.5 Å². The lowest BCUT2D eigenvalue weighted by Gasteiger charge is -2.15. The van der Waals surface area contributed by atoms with Crippen molar-refractivity contribution in [3.05, 3.63) is 35.4 Å². The van der Waals surface area contributed by atoms with Crippen LogP contribution in [0.2, 0.25) is 0 Å². The first-order valence-electron chi connectivity index (χ1n) is 6.31. The second kappa shape index (κ2) is 7.47. The van der Waals surface area contributed by atoms with E-state index in [2.05, 4.69) is 5.32 Å². The van der Waals surface area contributed by atoms with Crippen LogP contribution in [0.15, 0.2) is 18.2 Å². The number of nitrogens with one attached hydrogen (secondary N) is 1. The van der Waals surface area contributed by atoms with Gasteiger partial charge in [-0.05, 0) is 25.0 Å². The molecule has 7 heteroatoms. The Bertz CT molecular complexity index is 561. The minimum absolute atomic E-state index is 0.00342. The van der Waals surface area contributed by atoms with E-state index in [-0.39, 0.29) is 30.6 Å². The van der Waals surface area contributed by atoms with Gasteiger partial charge in [0.05, 0.1) is 6.42 Å². The lowest BCUT2D eigenvalue weighted by atomic mass is 10.1. The molecule has 21 heavy (non-hydrogen) atoms. The Kier molecular flexibility index (Phi) is 5.95. The highest BCUT2D eigenvalue weighted by atomic mass is 19.1. The molecule has 3 N–H and O–H groups in total. The minimum atomic E-state index is -0.995. The molecule has 0 unspecified atom stereocenters. The molecule has 0 heterocycles. The average Bonchev–Trinajstić information content (AvgIpc) is 2.37. The van der Waals surface area contributed by atoms with Gasteiger partial charge in [0.15, 0.2) is 0 Å². The maximum Gasteiger partial charge on any atom is 0.240 e. The van der Waals surface area contributed by atoms with Crippen LogP contribution >= 0.6 is 0 Å². The Morgan fingerprint density at radius 3 is 2.48 bits per heavy atom. The van der Waals surface area contributed by atoms with E-state index in [1.165, 1.54) is 6.92 Å². The van der Waals surface area contributed by atoms with Crippen molar-refractivity contribution in [3.8, 4) is 0 Å². The zero-order valence-electron chi connectivity index (χ0n) is 11.5. The topological polar surface area (TPSA) is 89.3 Å². The summed E-state index contributed by atoms with van der Waals surface area (Å²) in [5.74, 6) is -3.13. The van der Waals surface area contributed by atoms with E-state index >= 15 is 0 Å². The molecule has 2 amide bonds. The van der Waals surface area contributed by atoms with Gasteiger partial charge in [-0.15, -0.1) is 0 Å². The summed E-state index contributed by atoms with van der Waals surface area (Å²) in [6.07, 6.45) is -0.170. The molecule has 1 aromatic carbocycles. The molecule has 114 valence electrons. The van der Waals surface area contributed by atoms with Crippen LogP contribution in [-0.2, 0) is 20.8 Å². The molecule has 0 aliphatic carbocycles. The SMILES string of the molecule is CC(=O)CC[C@H](NC(=O)Cc1ccc(F)cc1F)C(N)=O. The molecule has 1 rings (SSSR count). The maximum atomic E-state index is 13.4. The highest BCUT2D eigenvalue weighted by Gasteiger charge is 2.19. The first kappa shape index (κ1) is 16.7. The third-order valence-electron chi connectivity index (χ3n) is 2.83. The summed E-state index contributed by atoms with van der Waals surface area (Å²) in [5, 5.41) is 2.34. The normalized spacial score (nSPS) is 11.8. The van der Waals surface area contributed by atoms with Crippen molar-refractivity contribution in [1.82, 2.24) is 5.32 Å². The number of primary amides is 1. The Hall–Kier alpha value is -2.31. The molecule has 0 aliphatic heterocycles. The molecule has 0 bridgehead atoms. The number of amides is 2. The summed E-state index contributed by atoms with van der Waals surface area (Å²) in [6, 6.07) is 1.86. The summed E-state index contributed by atoms with van der Waals surface area (Å²) in [6.45, 7) is 1.35. The number of halogens is 2. The minimum Gasteiger partial charge on any atom is -0.368 e. The van der Waals surface area contributed by atoms with Crippen LogP contribution in [0.3, 0.4) is 0 Å². The van der Waals surface area contributed by atoms with E-state index < -0.39 is 29.5 Å². The van der Waals surface area contributed by atoms with Crippen LogP contribution in [-0.4, -0.2) is 23.6 Å². The van der Waals surface area contributed by atoms with Crippen molar-refractivity contribution < 1.29 is 23.2 Å². The van der Waals surface area contributed by atoms with E-state index in [1.54, 1.807) is 0 Å². The predicted molar refractivity (Wildman–Crippen MR) is 71.1 cm³/mol. The van der Waals surface area contributed by atoms with Gasteiger partial charge in [-0.3, -0.25) is 9.59 Å². The summed E-state index contributed by atoms with van der Waals surface area (Å²) in [7, 11) is 0. The quantitative estimate of drug-likeness (QED) is 0.782. The fourth-order valence-corrected chi connectivity index (χ4v) is 1.72. The van der Waals surface area contributed by atoms with Crippen LogP contribution < -0.4 is 11.1 Å². The van der Waals surface area contributed by atoms with E-state index in [9.17, 15) is 23.2 Å². The number of benzene rings is 1. The molecule has 1 aromatic rings. The summed E-state index contributed by atoms with van der Waals surface area (Å²) < 4.78 is 26.1. The number of ketones is 1. The van der Waals surface area contributed by atoms with Crippen molar-refractivity contribution in [2.45, 2.75) is 32.2 Å². The number of nitrogens with two attached hydrogens (primary N) is 1. The second-order valence-corrected chi connectivity index (χ2v) is 4.68. The van der Waals surface area contributed by atoms with Gasteiger partial charge in [0, 0.05) is 12.5 Å². The molecule has 0 saturated carbocycles. The number of carbonyl (C=O) groups excluding carboxylic acids is 3. The van der Waals surface area contributed by atoms with Crippen molar-refractivity contribution in [2.24, 2.45) is 5.73 Å². The molecule has 0 radical (unpaired) electrons. The molecule has 0 fully saturated rings. The number of hydrogen-bond donors (Lipinski definition) is 2. The van der Waals surface area contributed by atoms with Crippen LogP contribution in [0.1, 0.15) is 25.3 Å². The third kappa shape index (κ3) is 5.68. The lowest BCUT2D eigenvalue weighted by Crippen LogP contribution is -2.45. The Morgan fingerprint density at radius 1 is 1.29 bits per heavy atom. The summed E-state index contributed by atoms with van der Waals surface area (Å²) in [5.41, 5.74) is 5.13. The largest absolute Gasteiger partial charge is 0.368 e. The monoisotopic (exact) mass is 298 g/mol. The van der Waals surface area contributed by atoms with E-state index in [0.717, 1.165) is 12.1 Å². The van der Waals surface area contributed by atoms with Gasteiger partial charge in [0.2, 0.25) is 11.8 Å². The van der Waals surface area contributed by atoms with E-state index in [0.29, 0.717) is 6.07 Å². The Morgan fingerprint density at radius 2 is 1.95 bits per heavy atom. The number of carbonyl (C=O) groups is 3. The zero-order chi connectivity index (χ0) is 16.0. The lowest BCUT2D eigenvalue weighted by molar-refractivity contribution is -0.127. The Labute approximate surface area is 120 Å². The molecule has 1 atom stereocenters. The highest BCUT2D eigenvalue weighted by Crippen LogP contribution is 2.10. The van der Waals surface area contributed by atoms with Crippen molar-refractivity contribution in [2.75, 3.05) is 0 Å². The molecule has 0 aliphatic rings. The first-order chi connectivity index (χ1) is 9.79. The highest BCUT2D eigenvalue weighted by molar-refractivity contribution is 5.88. The van der Waals surface area contributed by atoms with E-state index in [4.69, 9.17) is 5.73 Å². The molecule has 0 saturated heterocycles. The predicted octanol–water partition coefficient (Wildman–Crippen LogP) is 0.847.